The minimum atomic E-state index is -0.723. The van der Waals surface area contributed by atoms with Crippen molar-refractivity contribution in [2.24, 2.45) is 5.41 Å². The van der Waals surface area contributed by atoms with Gasteiger partial charge in [-0.1, -0.05) is 32.9 Å². The van der Waals surface area contributed by atoms with E-state index in [4.69, 9.17) is 0 Å². The maximum absolute atomic E-state index is 13.9. The Kier molecular flexibility index (Phi) is 9.37. The lowest BCUT2D eigenvalue weighted by Crippen LogP contribution is -2.59. The van der Waals surface area contributed by atoms with Gasteiger partial charge in [0.2, 0.25) is 17.6 Å². The molecule has 4 rings (SSSR count). The van der Waals surface area contributed by atoms with Crippen LogP contribution in [0.2, 0.25) is 0 Å². The first kappa shape index (κ1) is 30.1. The number of nitrogens with zero attached hydrogens (tertiary/aromatic N) is 5. The number of carbonyl (C=O) groups excluding carboxylic acids is 3. The van der Waals surface area contributed by atoms with Gasteiger partial charge in [0.1, 0.15) is 17.6 Å². The second-order valence-electron chi connectivity index (χ2n) is 11.7. The highest BCUT2D eigenvalue weighted by atomic mass is 19.1. The maximum Gasteiger partial charge on any atom is 0.274 e. The maximum atomic E-state index is 13.9. The van der Waals surface area contributed by atoms with E-state index in [9.17, 15) is 18.8 Å². The van der Waals surface area contributed by atoms with E-state index in [1.807, 2.05) is 25.7 Å². The van der Waals surface area contributed by atoms with E-state index in [2.05, 4.69) is 20.6 Å². The molecule has 2 aromatic heterocycles. The van der Waals surface area contributed by atoms with Crippen molar-refractivity contribution in [2.75, 3.05) is 26.7 Å². The van der Waals surface area contributed by atoms with Gasteiger partial charge >= 0.3 is 0 Å². The molecule has 3 atom stereocenters. The number of likely N-dealkylation sites (N-methyl/N-ethyl adjacent to an activating group) is 1. The van der Waals surface area contributed by atoms with Crippen LogP contribution in [0.15, 0.2) is 48.9 Å². The van der Waals surface area contributed by atoms with E-state index in [-0.39, 0.29) is 35.3 Å². The monoisotopic (exact) mass is 565 g/mol. The molecule has 2 N–H and O–H groups in total. The summed E-state index contributed by atoms with van der Waals surface area (Å²) in [5, 5.41) is 5.87. The van der Waals surface area contributed by atoms with Gasteiger partial charge in [0.15, 0.2) is 0 Å². The zero-order valence-corrected chi connectivity index (χ0v) is 24.4. The predicted molar refractivity (Wildman–Crippen MR) is 154 cm³/mol. The van der Waals surface area contributed by atoms with Crippen molar-refractivity contribution in [3.63, 3.8) is 0 Å². The Morgan fingerprint density at radius 1 is 1.20 bits per heavy atom. The summed E-state index contributed by atoms with van der Waals surface area (Å²) in [6.07, 6.45) is 7.10. The van der Waals surface area contributed by atoms with Crippen LogP contribution < -0.4 is 10.6 Å². The lowest BCUT2D eigenvalue weighted by Gasteiger charge is -2.37. The third kappa shape index (κ3) is 7.27. The molecule has 220 valence electrons. The molecule has 3 unspecified atom stereocenters. The Bertz CT molecular complexity index is 1340. The Morgan fingerprint density at radius 2 is 1.93 bits per heavy atom. The molecule has 3 heterocycles. The summed E-state index contributed by atoms with van der Waals surface area (Å²) in [4.78, 5) is 52.6. The second kappa shape index (κ2) is 12.8. The number of carbonyl (C=O) groups is 3. The van der Waals surface area contributed by atoms with Crippen LogP contribution in [-0.2, 0) is 16.0 Å². The molecule has 41 heavy (non-hydrogen) atoms. The quantitative estimate of drug-likeness (QED) is 0.391. The number of aromatic nitrogens is 3. The average molecular weight is 566 g/mol. The molecular weight excluding hydrogens is 525 g/mol. The molecule has 1 aliphatic heterocycles. The number of benzene rings is 1. The van der Waals surface area contributed by atoms with Crippen molar-refractivity contribution in [2.45, 2.75) is 65.1 Å². The zero-order valence-electron chi connectivity index (χ0n) is 24.4. The Morgan fingerprint density at radius 3 is 2.59 bits per heavy atom. The number of nitrogens with one attached hydrogen (secondary N) is 2. The number of hydrogen-bond acceptors (Lipinski definition) is 6. The summed E-state index contributed by atoms with van der Waals surface area (Å²) >= 11 is 0. The molecule has 1 aromatic carbocycles. The van der Waals surface area contributed by atoms with Gasteiger partial charge in [0.05, 0.1) is 6.04 Å². The third-order valence-corrected chi connectivity index (χ3v) is 7.64. The summed E-state index contributed by atoms with van der Waals surface area (Å²) in [5.74, 6) is -0.553. The highest BCUT2D eigenvalue weighted by Gasteiger charge is 2.41. The van der Waals surface area contributed by atoms with Crippen molar-refractivity contribution >= 4 is 23.5 Å². The highest BCUT2D eigenvalue weighted by Crippen LogP contribution is 2.27. The highest BCUT2D eigenvalue weighted by molar-refractivity contribution is 5.93. The standard InChI is InChI=1S/C30H40FN7O3/c1-20(32-5)26(39)35-25(30(2,3)4)28(41)38-16-6-8-23(38)18-36(17-13-21-9-11-22(31)12-10-21)27(40)24-19-37-15-7-14-33-29(37)34-24/h7,9-12,14-15,19-20,23,25,32H,6,8,13,16-18H2,1-5H3,(H,35,39). The first-order valence-electron chi connectivity index (χ1n) is 14.1. The van der Waals surface area contributed by atoms with Gasteiger partial charge < -0.3 is 20.4 Å². The lowest BCUT2D eigenvalue weighted by atomic mass is 9.85. The van der Waals surface area contributed by atoms with Gasteiger partial charge in [-0.2, -0.15) is 0 Å². The average Bonchev–Trinajstić information content (AvgIpc) is 3.60. The molecule has 0 radical (unpaired) electrons. The summed E-state index contributed by atoms with van der Waals surface area (Å²) < 4.78 is 15.2. The topological polar surface area (TPSA) is 112 Å². The first-order valence-corrected chi connectivity index (χ1v) is 14.1. The molecule has 0 aliphatic carbocycles. The van der Waals surface area contributed by atoms with E-state index in [1.165, 1.54) is 12.1 Å². The smallest absolute Gasteiger partial charge is 0.274 e. The Hall–Kier alpha value is -3.86. The predicted octanol–water partition coefficient (Wildman–Crippen LogP) is 2.68. The SMILES string of the molecule is CNC(C)C(=O)NC(C(=O)N1CCCC1CN(CCc1ccc(F)cc1)C(=O)c1cn2cccnc2n1)C(C)(C)C. The molecule has 3 amide bonds. The molecular formula is C30H40FN7O3. The van der Waals surface area contributed by atoms with Gasteiger partial charge in [-0.15, -0.1) is 0 Å². The number of hydrogen-bond donors (Lipinski definition) is 2. The molecule has 1 aliphatic rings. The van der Waals surface area contributed by atoms with Gasteiger partial charge in [-0.25, -0.2) is 14.4 Å². The van der Waals surface area contributed by atoms with Crippen molar-refractivity contribution in [1.82, 2.24) is 34.8 Å². The van der Waals surface area contributed by atoms with E-state index in [0.717, 1.165) is 18.4 Å². The van der Waals surface area contributed by atoms with Gasteiger partial charge in [0, 0.05) is 44.3 Å². The number of fused-ring (bicyclic) bond motifs is 1. The van der Waals surface area contributed by atoms with E-state index in [1.54, 1.807) is 60.1 Å². The number of likely N-dealkylation sites (tertiary alicyclic amines) is 1. The zero-order chi connectivity index (χ0) is 29.7. The van der Waals surface area contributed by atoms with Crippen LogP contribution >= 0.6 is 0 Å². The van der Waals surface area contributed by atoms with Crippen molar-refractivity contribution in [3.05, 3.63) is 66.0 Å². The van der Waals surface area contributed by atoms with Crippen LogP contribution in [0.25, 0.3) is 5.78 Å². The third-order valence-electron chi connectivity index (χ3n) is 7.64. The van der Waals surface area contributed by atoms with Crippen LogP contribution in [0, 0.1) is 11.2 Å². The number of rotatable bonds is 10. The molecule has 11 heteroatoms. The minimum Gasteiger partial charge on any atom is -0.342 e. The summed E-state index contributed by atoms with van der Waals surface area (Å²) in [5.41, 5.74) is 0.642. The largest absolute Gasteiger partial charge is 0.342 e. The fraction of sp³-hybridized carbons (Fsp3) is 0.500. The van der Waals surface area contributed by atoms with Gasteiger partial charge in [-0.3, -0.25) is 18.8 Å². The van der Waals surface area contributed by atoms with E-state index >= 15 is 0 Å². The fourth-order valence-electron chi connectivity index (χ4n) is 5.07. The van der Waals surface area contributed by atoms with E-state index < -0.39 is 17.5 Å². The normalized spacial score (nSPS) is 16.9. The lowest BCUT2D eigenvalue weighted by molar-refractivity contribution is -0.140. The van der Waals surface area contributed by atoms with Crippen LogP contribution in [0.3, 0.4) is 0 Å². The van der Waals surface area contributed by atoms with Crippen LogP contribution in [0.1, 0.15) is 56.6 Å². The summed E-state index contributed by atoms with van der Waals surface area (Å²) in [7, 11) is 1.70. The van der Waals surface area contributed by atoms with Crippen molar-refractivity contribution in [3.8, 4) is 0 Å². The Labute approximate surface area is 240 Å². The number of amides is 3. The molecule has 1 saturated heterocycles. The second-order valence-corrected chi connectivity index (χ2v) is 11.7. The fourth-order valence-corrected chi connectivity index (χ4v) is 5.07. The molecule has 1 fully saturated rings. The first-order chi connectivity index (χ1) is 19.5. The van der Waals surface area contributed by atoms with Crippen molar-refractivity contribution in [1.29, 1.82) is 0 Å². The van der Waals surface area contributed by atoms with Gasteiger partial charge in [-0.05, 0) is 62.4 Å². The molecule has 0 spiro atoms. The van der Waals surface area contributed by atoms with Crippen molar-refractivity contribution < 1.29 is 18.8 Å². The summed E-state index contributed by atoms with van der Waals surface area (Å²) in [6, 6.07) is 6.60. The molecule has 0 saturated carbocycles. The Balaban J connectivity index is 1.57. The molecule has 0 bridgehead atoms. The van der Waals surface area contributed by atoms with Gasteiger partial charge in [0.25, 0.3) is 5.91 Å². The summed E-state index contributed by atoms with van der Waals surface area (Å²) in [6.45, 7) is 8.76. The van der Waals surface area contributed by atoms with Crippen LogP contribution in [0.5, 0.6) is 0 Å². The molecule has 10 nitrogen and oxygen atoms in total. The number of halogens is 1. The van der Waals surface area contributed by atoms with Crippen LogP contribution in [0.4, 0.5) is 4.39 Å². The minimum absolute atomic E-state index is 0.153. The van der Waals surface area contributed by atoms with Crippen LogP contribution in [-0.4, -0.2) is 86.7 Å². The molecule has 3 aromatic rings. The van der Waals surface area contributed by atoms with E-state index in [0.29, 0.717) is 31.8 Å². The number of imidazole rings is 1.